The van der Waals surface area contributed by atoms with Crippen molar-refractivity contribution in [2.45, 2.75) is 26.0 Å². The van der Waals surface area contributed by atoms with Gasteiger partial charge in [-0.05, 0) is 19.1 Å². The van der Waals surface area contributed by atoms with Crippen molar-refractivity contribution in [1.29, 1.82) is 0 Å². The minimum atomic E-state index is -1.45. The zero-order valence-electron chi connectivity index (χ0n) is 18.2. The first-order valence-corrected chi connectivity index (χ1v) is 10.4. The van der Waals surface area contributed by atoms with Gasteiger partial charge >= 0.3 is 0 Å². The number of nitrogen functional groups attached to an aromatic ring is 1. The van der Waals surface area contributed by atoms with Crippen LogP contribution in [0.15, 0.2) is 41.3 Å². The summed E-state index contributed by atoms with van der Waals surface area (Å²) in [5, 5.41) is 5.99. The lowest BCUT2D eigenvalue weighted by Gasteiger charge is -2.43. The number of pyridine rings is 1. The van der Waals surface area contributed by atoms with Crippen LogP contribution in [0.5, 0.6) is 0 Å². The van der Waals surface area contributed by atoms with Crippen LogP contribution < -0.4 is 27.2 Å². The van der Waals surface area contributed by atoms with Crippen molar-refractivity contribution in [2.75, 3.05) is 30.9 Å². The van der Waals surface area contributed by atoms with Gasteiger partial charge in [-0.2, -0.15) is 4.98 Å². The summed E-state index contributed by atoms with van der Waals surface area (Å²) in [6, 6.07) is 9.01. The van der Waals surface area contributed by atoms with Gasteiger partial charge in [-0.1, -0.05) is 18.2 Å². The number of hydrazine groups is 1. The number of aromatic nitrogens is 3. The van der Waals surface area contributed by atoms with Gasteiger partial charge in [0.1, 0.15) is 17.6 Å². The maximum Gasteiger partial charge on any atom is 0.256 e. The topological polar surface area (TPSA) is 145 Å². The summed E-state index contributed by atoms with van der Waals surface area (Å²) in [7, 11) is 1.49. The Labute approximate surface area is 188 Å². The summed E-state index contributed by atoms with van der Waals surface area (Å²) in [5.74, 6) is -0.910. The number of halogens is 1. The number of para-hydroxylation sites is 1. The highest BCUT2D eigenvalue weighted by Gasteiger charge is 2.37. The zero-order valence-corrected chi connectivity index (χ0v) is 18.2. The van der Waals surface area contributed by atoms with E-state index in [2.05, 4.69) is 15.3 Å². The molecule has 5 N–H and O–H groups in total. The number of amides is 1. The first-order chi connectivity index (χ1) is 15.9. The Balaban J connectivity index is 1.97. The number of fused-ring (bicyclic) bond motifs is 1. The lowest BCUT2D eigenvalue weighted by Crippen LogP contribution is -2.62. The average Bonchev–Trinajstić information content (AvgIpc) is 2.81. The Kier molecular flexibility index (Phi) is 6.22. The number of nitrogens with two attached hydrogens (primary N) is 2. The summed E-state index contributed by atoms with van der Waals surface area (Å²) in [4.78, 5) is 33.7. The van der Waals surface area contributed by atoms with Crippen molar-refractivity contribution < 1.29 is 13.9 Å². The molecule has 0 saturated carbocycles. The van der Waals surface area contributed by atoms with Crippen molar-refractivity contribution in [3.05, 3.63) is 52.3 Å². The largest absolute Gasteiger partial charge is 0.384 e. The van der Waals surface area contributed by atoms with Gasteiger partial charge in [-0.25, -0.2) is 14.4 Å². The highest BCUT2D eigenvalue weighted by Crippen LogP contribution is 2.30. The number of alkyl halides is 1. The fraction of sp³-hybridized carbons (Fsp3) is 0.333. The van der Waals surface area contributed by atoms with E-state index in [0.717, 1.165) is 0 Å². The fourth-order valence-electron chi connectivity index (χ4n) is 3.95. The molecule has 1 aliphatic rings. The number of rotatable bonds is 6. The Hall–Kier alpha value is -3.61. The summed E-state index contributed by atoms with van der Waals surface area (Å²) in [6.45, 7) is 2.55. The number of nitrogens with zero attached hydrogens (tertiary/aromatic N) is 5. The van der Waals surface area contributed by atoms with Gasteiger partial charge in [0, 0.05) is 32.9 Å². The molecule has 1 fully saturated rings. The van der Waals surface area contributed by atoms with E-state index in [4.69, 9.17) is 16.2 Å². The lowest BCUT2D eigenvalue weighted by molar-refractivity contribution is -0.107. The third kappa shape index (κ3) is 3.88. The van der Waals surface area contributed by atoms with E-state index >= 15 is 4.39 Å². The number of aryl methyl sites for hydroxylation is 1. The zero-order chi connectivity index (χ0) is 23.7. The van der Waals surface area contributed by atoms with Crippen molar-refractivity contribution in [1.82, 2.24) is 24.9 Å². The smallest absolute Gasteiger partial charge is 0.256 e. The summed E-state index contributed by atoms with van der Waals surface area (Å²) in [5.41, 5.74) is 11.3. The monoisotopic (exact) mass is 456 g/mol. The molecule has 2 unspecified atom stereocenters. The number of primary amides is 1. The molecule has 0 bridgehead atoms. The third-order valence-corrected chi connectivity index (χ3v) is 5.50. The lowest BCUT2D eigenvalue weighted by atomic mass is 10.1. The predicted octanol–water partition coefficient (Wildman–Crippen LogP) is 0.719. The van der Waals surface area contributed by atoms with Gasteiger partial charge in [0.25, 0.3) is 5.91 Å². The highest BCUT2D eigenvalue weighted by molar-refractivity contribution is 6.00. The molecular weight excluding hydrogens is 431 g/mol. The molecule has 3 aromatic rings. The fourth-order valence-corrected chi connectivity index (χ4v) is 3.95. The average molecular weight is 456 g/mol. The Morgan fingerprint density at radius 2 is 2.06 bits per heavy atom. The van der Waals surface area contributed by atoms with Gasteiger partial charge in [0.2, 0.25) is 11.4 Å². The van der Waals surface area contributed by atoms with Crippen molar-refractivity contribution >= 4 is 34.4 Å². The van der Waals surface area contributed by atoms with Crippen LogP contribution in [-0.2, 0) is 11.3 Å². The Morgan fingerprint density at radius 1 is 1.33 bits per heavy atom. The number of ether oxygens (including phenoxy) is 1. The number of carbonyl (C=O) groups excluding carboxylic acids is 1. The second-order valence-electron chi connectivity index (χ2n) is 7.42. The van der Waals surface area contributed by atoms with Crippen LogP contribution in [0, 0.1) is 0 Å². The standard InChI is InChI=1S/C21H25FN8O3/c1-3-28-18(23)16(19(24)32)17(31)13-9-26-21(27-20(13)28)29(12-7-5-4-6-8-12)30-14(22)10-25-11-15(30)33-2/h4-9,14-15,25H,3,10-11,23H2,1-2H3,(H2,24,32). The molecule has 4 rings (SSSR count). The minimum Gasteiger partial charge on any atom is -0.384 e. The first kappa shape index (κ1) is 22.6. The molecule has 0 radical (unpaired) electrons. The molecule has 2 atom stereocenters. The number of hydrogen-bond acceptors (Lipinski definition) is 9. The van der Waals surface area contributed by atoms with Crippen LogP contribution in [0.25, 0.3) is 11.0 Å². The molecule has 33 heavy (non-hydrogen) atoms. The second-order valence-corrected chi connectivity index (χ2v) is 7.42. The quantitative estimate of drug-likeness (QED) is 0.457. The number of methoxy groups -OCH3 is 1. The van der Waals surface area contributed by atoms with E-state index in [1.807, 2.05) is 6.07 Å². The normalized spacial score (nSPS) is 19.0. The molecule has 3 heterocycles. The molecule has 12 heteroatoms. The molecule has 0 spiro atoms. The molecule has 1 saturated heterocycles. The van der Waals surface area contributed by atoms with E-state index in [1.54, 1.807) is 31.2 Å². The summed E-state index contributed by atoms with van der Waals surface area (Å²) in [6.07, 6.45) is -0.798. The van der Waals surface area contributed by atoms with E-state index in [1.165, 1.54) is 27.9 Å². The molecule has 174 valence electrons. The maximum absolute atomic E-state index is 15.2. The van der Waals surface area contributed by atoms with Crippen LogP contribution >= 0.6 is 0 Å². The van der Waals surface area contributed by atoms with E-state index in [0.29, 0.717) is 18.8 Å². The predicted molar refractivity (Wildman–Crippen MR) is 121 cm³/mol. The maximum atomic E-state index is 15.2. The summed E-state index contributed by atoms with van der Waals surface area (Å²) >= 11 is 0. The van der Waals surface area contributed by atoms with Gasteiger partial charge in [0.15, 0.2) is 11.9 Å². The summed E-state index contributed by atoms with van der Waals surface area (Å²) < 4.78 is 22.2. The number of hydrogen-bond donors (Lipinski definition) is 3. The number of carbonyl (C=O) groups is 1. The molecule has 2 aromatic heterocycles. The van der Waals surface area contributed by atoms with Crippen molar-refractivity contribution in [3.63, 3.8) is 0 Å². The van der Waals surface area contributed by atoms with Crippen LogP contribution in [-0.4, -0.2) is 58.2 Å². The van der Waals surface area contributed by atoms with Gasteiger partial charge in [-0.15, -0.1) is 5.01 Å². The van der Waals surface area contributed by atoms with Gasteiger partial charge < -0.3 is 26.1 Å². The van der Waals surface area contributed by atoms with Crippen LogP contribution in [0.4, 0.5) is 21.8 Å². The van der Waals surface area contributed by atoms with Crippen LogP contribution in [0.1, 0.15) is 17.3 Å². The second kappa shape index (κ2) is 9.10. The Morgan fingerprint density at radius 3 is 2.70 bits per heavy atom. The Bertz CT molecular complexity index is 1240. The minimum absolute atomic E-state index is 0.0748. The number of anilines is 3. The van der Waals surface area contributed by atoms with E-state index in [-0.39, 0.29) is 34.9 Å². The molecule has 1 amide bonds. The van der Waals surface area contributed by atoms with Crippen molar-refractivity contribution in [3.8, 4) is 0 Å². The van der Waals surface area contributed by atoms with E-state index in [9.17, 15) is 9.59 Å². The van der Waals surface area contributed by atoms with Crippen molar-refractivity contribution in [2.24, 2.45) is 5.73 Å². The van der Waals surface area contributed by atoms with Gasteiger partial charge in [0.05, 0.1) is 11.1 Å². The number of nitrogens with one attached hydrogen (secondary N) is 1. The third-order valence-electron chi connectivity index (χ3n) is 5.50. The molecule has 11 nitrogen and oxygen atoms in total. The van der Waals surface area contributed by atoms with Crippen LogP contribution in [0.3, 0.4) is 0 Å². The number of piperazine rings is 1. The van der Waals surface area contributed by atoms with Crippen LogP contribution in [0.2, 0.25) is 0 Å². The molecule has 1 aliphatic heterocycles. The number of benzene rings is 1. The van der Waals surface area contributed by atoms with E-state index < -0.39 is 23.9 Å². The molecule has 1 aromatic carbocycles. The van der Waals surface area contributed by atoms with Gasteiger partial charge in [-0.3, -0.25) is 9.59 Å². The first-order valence-electron chi connectivity index (χ1n) is 10.4. The highest BCUT2D eigenvalue weighted by atomic mass is 19.1. The molecule has 0 aliphatic carbocycles. The SMILES string of the molecule is CCn1c(N)c(C(N)=O)c(=O)c2cnc(N(c3ccccc3)N3C(F)CNCC3OC)nc21. The molecular formula is C21H25FN8O3.